The minimum absolute atomic E-state index is 0.0144. The predicted octanol–water partition coefficient (Wildman–Crippen LogP) is 3.65. The maximum Gasteiger partial charge on any atom is 0.322 e. The molecule has 0 bridgehead atoms. The van der Waals surface area contributed by atoms with Gasteiger partial charge >= 0.3 is 6.01 Å². The highest BCUT2D eigenvalue weighted by molar-refractivity contribution is 7.16. The lowest BCUT2D eigenvalue weighted by molar-refractivity contribution is -0.115. The van der Waals surface area contributed by atoms with E-state index in [4.69, 9.17) is 25.5 Å². The highest BCUT2D eigenvalue weighted by Gasteiger charge is 2.16. The van der Waals surface area contributed by atoms with Crippen molar-refractivity contribution >= 4 is 34.9 Å². The van der Waals surface area contributed by atoms with Gasteiger partial charge in [0.1, 0.15) is 11.5 Å². The fourth-order valence-corrected chi connectivity index (χ4v) is 3.21. The lowest BCUT2D eigenvalue weighted by Crippen LogP contribution is -2.13. The summed E-state index contributed by atoms with van der Waals surface area (Å²) < 4.78 is 16.6. The summed E-state index contributed by atoms with van der Waals surface area (Å²) in [6.07, 6.45) is 0.182. The van der Waals surface area contributed by atoms with E-state index < -0.39 is 0 Å². The number of nitrogens with one attached hydrogen (secondary N) is 1. The van der Waals surface area contributed by atoms with Gasteiger partial charge in [0.15, 0.2) is 0 Å². The van der Waals surface area contributed by atoms with Crippen LogP contribution in [-0.4, -0.2) is 30.3 Å². The van der Waals surface area contributed by atoms with Crippen molar-refractivity contribution in [3.05, 3.63) is 39.5 Å². The number of thiophene rings is 1. The minimum Gasteiger partial charge on any atom is -0.497 e. The van der Waals surface area contributed by atoms with Crippen LogP contribution in [0.2, 0.25) is 4.34 Å². The second kappa shape index (κ2) is 7.54. The molecule has 0 unspecified atom stereocenters. The van der Waals surface area contributed by atoms with Crippen molar-refractivity contribution in [3.8, 4) is 23.0 Å². The summed E-state index contributed by atoms with van der Waals surface area (Å²) in [5.41, 5.74) is 0.598. The van der Waals surface area contributed by atoms with Crippen molar-refractivity contribution in [3.63, 3.8) is 0 Å². The van der Waals surface area contributed by atoms with E-state index in [1.807, 2.05) is 0 Å². The molecule has 2 aromatic heterocycles. The molecule has 130 valence electrons. The molecule has 3 aromatic rings. The number of methoxy groups -OCH3 is 2. The molecule has 1 N–H and O–H groups in total. The number of nitrogens with zero attached hydrogens (tertiary/aromatic N) is 2. The van der Waals surface area contributed by atoms with Gasteiger partial charge in [0, 0.05) is 10.9 Å². The molecule has 0 fully saturated rings. The molecule has 0 atom stereocenters. The van der Waals surface area contributed by atoms with Crippen molar-refractivity contribution in [1.29, 1.82) is 0 Å². The van der Waals surface area contributed by atoms with Gasteiger partial charge < -0.3 is 13.9 Å². The fourth-order valence-electron chi connectivity index (χ4n) is 2.13. The number of amides is 1. The van der Waals surface area contributed by atoms with Gasteiger partial charge in [-0.15, -0.1) is 16.4 Å². The van der Waals surface area contributed by atoms with Gasteiger partial charge in [-0.25, -0.2) is 0 Å². The number of hydrogen-bond acceptors (Lipinski definition) is 7. The topological polar surface area (TPSA) is 86.5 Å². The van der Waals surface area contributed by atoms with E-state index in [1.165, 1.54) is 18.4 Å². The monoisotopic (exact) mass is 379 g/mol. The Bertz CT molecular complexity index is 893. The van der Waals surface area contributed by atoms with Crippen LogP contribution in [-0.2, 0) is 11.2 Å². The van der Waals surface area contributed by atoms with E-state index >= 15 is 0 Å². The van der Waals surface area contributed by atoms with Crippen LogP contribution in [0.1, 0.15) is 4.88 Å². The van der Waals surface area contributed by atoms with E-state index in [-0.39, 0.29) is 24.2 Å². The van der Waals surface area contributed by atoms with Crippen LogP contribution in [0.4, 0.5) is 6.01 Å². The summed E-state index contributed by atoms with van der Waals surface area (Å²) in [6.45, 7) is 0. The van der Waals surface area contributed by atoms with E-state index in [0.717, 1.165) is 4.88 Å². The molecule has 0 aliphatic carbocycles. The largest absolute Gasteiger partial charge is 0.497 e. The van der Waals surface area contributed by atoms with Crippen LogP contribution in [0.15, 0.2) is 34.7 Å². The van der Waals surface area contributed by atoms with Crippen LogP contribution in [0.3, 0.4) is 0 Å². The van der Waals surface area contributed by atoms with Crippen molar-refractivity contribution < 1.29 is 18.7 Å². The molecule has 25 heavy (non-hydrogen) atoms. The summed E-state index contributed by atoms with van der Waals surface area (Å²) in [4.78, 5) is 12.9. The van der Waals surface area contributed by atoms with Gasteiger partial charge in [-0.1, -0.05) is 16.7 Å². The third-order valence-corrected chi connectivity index (χ3v) is 4.51. The quantitative estimate of drug-likeness (QED) is 0.703. The zero-order chi connectivity index (χ0) is 17.8. The Morgan fingerprint density at radius 1 is 1.24 bits per heavy atom. The maximum absolute atomic E-state index is 12.0. The molecule has 0 saturated heterocycles. The molecule has 0 aliphatic heterocycles. The van der Waals surface area contributed by atoms with Crippen LogP contribution in [0.5, 0.6) is 11.5 Å². The first kappa shape index (κ1) is 17.2. The van der Waals surface area contributed by atoms with Crippen molar-refractivity contribution in [1.82, 2.24) is 10.2 Å². The molecule has 0 spiro atoms. The van der Waals surface area contributed by atoms with Gasteiger partial charge in [-0.3, -0.25) is 10.1 Å². The lowest BCUT2D eigenvalue weighted by Gasteiger charge is -2.07. The minimum atomic E-state index is -0.268. The molecular weight excluding hydrogens is 366 g/mol. The number of benzene rings is 1. The zero-order valence-electron chi connectivity index (χ0n) is 13.4. The molecule has 0 radical (unpaired) electrons. The summed E-state index contributed by atoms with van der Waals surface area (Å²) in [6, 6.07) is 8.76. The Hall–Kier alpha value is -2.58. The van der Waals surface area contributed by atoms with Crippen molar-refractivity contribution in [2.45, 2.75) is 6.42 Å². The number of aromatic nitrogens is 2. The summed E-state index contributed by atoms with van der Waals surface area (Å²) in [7, 11) is 3.10. The first-order chi connectivity index (χ1) is 12.1. The average molecular weight is 380 g/mol. The third-order valence-electron chi connectivity index (χ3n) is 3.27. The first-order valence-corrected chi connectivity index (χ1v) is 8.38. The standard InChI is InChI=1S/C16H14ClN3O4S/c1-22-9-3-5-11(12(7-9)23-2)15-19-20-16(24-15)18-14(21)8-10-4-6-13(17)25-10/h3-7H,8H2,1-2H3,(H,18,20,21). The number of rotatable bonds is 6. The van der Waals surface area contributed by atoms with E-state index in [0.29, 0.717) is 21.4 Å². The van der Waals surface area contributed by atoms with Gasteiger partial charge in [0.05, 0.1) is 30.5 Å². The number of halogens is 1. The summed E-state index contributed by atoms with van der Waals surface area (Å²) in [5, 5.41) is 10.4. The highest BCUT2D eigenvalue weighted by Crippen LogP contribution is 2.33. The number of anilines is 1. The molecule has 0 saturated carbocycles. The molecule has 9 heteroatoms. The highest BCUT2D eigenvalue weighted by atomic mass is 35.5. The van der Waals surface area contributed by atoms with Crippen LogP contribution in [0, 0.1) is 0 Å². The summed E-state index contributed by atoms with van der Waals surface area (Å²) >= 11 is 7.20. The predicted molar refractivity (Wildman–Crippen MR) is 94.5 cm³/mol. The van der Waals surface area contributed by atoms with E-state index in [1.54, 1.807) is 37.4 Å². The van der Waals surface area contributed by atoms with Gasteiger partial charge in [0.25, 0.3) is 5.89 Å². The smallest absolute Gasteiger partial charge is 0.322 e. The molecule has 2 heterocycles. The Morgan fingerprint density at radius 3 is 2.76 bits per heavy atom. The third kappa shape index (κ3) is 4.09. The molecular formula is C16H14ClN3O4S. The van der Waals surface area contributed by atoms with Crippen LogP contribution >= 0.6 is 22.9 Å². The lowest BCUT2D eigenvalue weighted by atomic mass is 10.2. The number of carbonyl (C=O) groups excluding carboxylic acids is 1. The SMILES string of the molecule is COc1ccc(-c2nnc(NC(=O)Cc3ccc(Cl)s3)o2)c(OC)c1. The number of carbonyl (C=O) groups is 1. The van der Waals surface area contributed by atoms with Gasteiger partial charge in [0.2, 0.25) is 5.91 Å². The molecule has 1 amide bonds. The molecule has 1 aromatic carbocycles. The second-order valence-corrected chi connectivity index (χ2v) is 6.71. The molecule has 3 rings (SSSR count). The summed E-state index contributed by atoms with van der Waals surface area (Å²) in [5.74, 6) is 1.13. The zero-order valence-corrected chi connectivity index (χ0v) is 15.0. The van der Waals surface area contributed by atoms with Crippen molar-refractivity contribution in [2.75, 3.05) is 19.5 Å². The molecule has 7 nitrogen and oxygen atoms in total. The first-order valence-electron chi connectivity index (χ1n) is 7.19. The normalized spacial score (nSPS) is 10.5. The Morgan fingerprint density at radius 2 is 2.08 bits per heavy atom. The van der Waals surface area contributed by atoms with E-state index in [9.17, 15) is 4.79 Å². The van der Waals surface area contributed by atoms with Gasteiger partial charge in [-0.05, 0) is 24.3 Å². The Kier molecular flexibility index (Phi) is 5.20. The molecule has 0 aliphatic rings. The Balaban J connectivity index is 1.73. The number of hydrogen-bond donors (Lipinski definition) is 1. The van der Waals surface area contributed by atoms with Gasteiger partial charge in [-0.2, -0.15) is 0 Å². The fraction of sp³-hybridized carbons (Fsp3) is 0.188. The van der Waals surface area contributed by atoms with Crippen LogP contribution in [0.25, 0.3) is 11.5 Å². The Labute approximate surface area is 152 Å². The van der Waals surface area contributed by atoms with E-state index in [2.05, 4.69) is 15.5 Å². The van der Waals surface area contributed by atoms with Crippen LogP contribution < -0.4 is 14.8 Å². The maximum atomic E-state index is 12.0. The second-order valence-electron chi connectivity index (χ2n) is 4.91. The number of ether oxygens (including phenoxy) is 2. The average Bonchev–Trinajstić information content (AvgIpc) is 3.23. The van der Waals surface area contributed by atoms with Crippen molar-refractivity contribution in [2.24, 2.45) is 0 Å².